The number of rotatable bonds is 5. The zero-order valence-corrected chi connectivity index (χ0v) is 16.7. The van der Waals surface area contributed by atoms with E-state index in [0.717, 1.165) is 44.8 Å². The number of carbonyl (C=O) groups excluding carboxylic acids is 1. The normalized spacial score (nSPS) is 14.8. The number of aryl methyl sites for hydroxylation is 1. The van der Waals surface area contributed by atoms with Crippen LogP contribution < -0.4 is 11.1 Å². The lowest BCUT2D eigenvalue weighted by Gasteiger charge is -2.33. The molecule has 0 aliphatic carbocycles. The smallest absolute Gasteiger partial charge is 0.251 e. The number of amides is 1. The number of hydrogen-bond acceptors (Lipinski definition) is 4. The molecule has 1 heterocycles. The van der Waals surface area contributed by atoms with Crippen LogP contribution in [-0.4, -0.2) is 61.5 Å². The lowest BCUT2D eigenvalue weighted by atomic mass is 10.1. The highest BCUT2D eigenvalue weighted by Gasteiger charge is 2.15. The van der Waals surface area contributed by atoms with E-state index < -0.39 is 0 Å². The summed E-state index contributed by atoms with van der Waals surface area (Å²) in [5, 5.41) is 2.99. The van der Waals surface area contributed by atoms with Crippen LogP contribution in [0, 0.1) is 6.92 Å². The van der Waals surface area contributed by atoms with Crippen LogP contribution in [0.15, 0.2) is 18.2 Å². The molecular formula is C16H29Cl3N4O. The van der Waals surface area contributed by atoms with Gasteiger partial charge in [-0.3, -0.25) is 9.69 Å². The number of hydrogen-bond donors (Lipinski definition) is 2. The maximum Gasteiger partial charge on any atom is 0.251 e. The first kappa shape index (κ1) is 25.5. The summed E-state index contributed by atoms with van der Waals surface area (Å²) in [5.74, 6) is -0.0352. The Balaban J connectivity index is 0. The molecule has 1 fully saturated rings. The summed E-state index contributed by atoms with van der Waals surface area (Å²) in [6.07, 6.45) is 0. The van der Waals surface area contributed by atoms with E-state index in [2.05, 4.69) is 22.0 Å². The Morgan fingerprint density at radius 3 is 2.29 bits per heavy atom. The van der Waals surface area contributed by atoms with Gasteiger partial charge in [-0.05, 0) is 31.2 Å². The number of anilines is 1. The summed E-state index contributed by atoms with van der Waals surface area (Å²) < 4.78 is 0. The Morgan fingerprint density at radius 1 is 1.12 bits per heavy atom. The van der Waals surface area contributed by atoms with Crippen LogP contribution in [0.1, 0.15) is 22.8 Å². The molecule has 0 bridgehead atoms. The van der Waals surface area contributed by atoms with Crippen LogP contribution in [0.2, 0.25) is 0 Å². The van der Waals surface area contributed by atoms with E-state index in [-0.39, 0.29) is 43.1 Å². The molecule has 1 aliphatic rings. The third kappa shape index (κ3) is 7.45. The number of benzene rings is 1. The minimum Gasteiger partial charge on any atom is -0.399 e. The Hall–Kier alpha value is -0.720. The third-order valence-corrected chi connectivity index (χ3v) is 4.13. The van der Waals surface area contributed by atoms with Crippen LogP contribution in [0.3, 0.4) is 0 Å². The lowest BCUT2D eigenvalue weighted by Crippen LogP contribution is -2.48. The second-order valence-electron chi connectivity index (χ2n) is 5.61. The number of carbonyl (C=O) groups is 1. The molecule has 8 heteroatoms. The molecule has 3 N–H and O–H groups in total. The molecule has 0 spiro atoms. The maximum absolute atomic E-state index is 12.2. The van der Waals surface area contributed by atoms with Gasteiger partial charge in [-0.2, -0.15) is 0 Å². The monoisotopic (exact) mass is 398 g/mol. The number of nitrogens with zero attached hydrogens (tertiary/aromatic N) is 2. The van der Waals surface area contributed by atoms with Crippen molar-refractivity contribution in [1.82, 2.24) is 15.1 Å². The van der Waals surface area contributed by atoms with E-state index in [1.807, 2.05) is 19.1 Å². The molecule has 0 atom stereocenters. The van der Waals surface area contributed by atoms with E-state index in [1.165, 1.54) is 0 Å². The number of likely N-dealkylation sites (N-methyl/N-ethyl adjacent to an activating group) is 1. The van der Waals surface area contributed by atoms with Crippen molar-refractivity contribution in [3.63, 3.8) is 0 Å². The number of halogens is 3. The van der Waals surface area contributed by atoms with Crippen molar-refractivity contribution in [3.05, 3.63) is 29.3 Å². The molecule has 0 unspecified atom stereocenters. The minimum absolute atomic E-state index is 0. The van der Waals surface area contributed by atoms with Crippen LogP contribution in [0.25, 0.3) is 0 Å². The van der Waals surface area contributed by atoms with E-state index in [9.17, 15) is 4.79 Å². The second-order valence-corrected chi connectivity index (χ2v) is 5.61. The highest BCUT2D eigenvalue weighted by Crippen LogP contribution is 2.12. The molecule has 1 aromatic carbocycles. The maximum atomic E-state index is 12.2. The molecule has 1 aliphatic heterocycles. The first-order valence-corrected chi connectivity index (χ1v) is 7.69. The largest absolute Gasteiger partial charge is 0.399 e. The van der Waals surface area contributed by atoms with Crippen molar-refractivity contribution in [2.75, 3.05) is 51.5 Å². The van der Waals surface area contributed by atoms with Gasteiger partial charge in [-0.25, -0.2) is 0 Å². The highest BCUT2D eigenvalue weighted by atomic mass is 35.5. The van der Waals surface area contributed by atoms with Crippen molar-refractivity contribution in [3.8, 4) is 0 Å². The standard InChI is InChI=1S/C16H26N4O.3ClH/c1-3-19-8-10-20(11-9-19)7-6-18-16(21)15-12-14(17)5-4-13(15)2;;;/h4-5,12H,3,6-11,17H2,1-2H3,(H,18,21);3*1H. The predicted octanol–water partition coefficient (Wildman–Crippen LogP) is 2.21. The third-order valence-electron chi connectivity index (χ3n) is 4.13. The van der Waals surface area contributed by atoms with Crippen LogP contribution in [0.5, 0.6) is 0 Å². The molecule has 1 saturated heterocycles. The molecule has 0 saturated carbocycles. The van der Waals surface area contributed by atoms with Gasteiger partial charge in [0.05, 0.1) is 0 Å². The molecule has 24 heavy (non-hydrogen) atoms. The van der Waals surface area contributed by atoms with Gasteiger partial charge < -0.3 is 16.0 Å². The van der Waals surface area contributed by atoms with E-state index in [0.29, 0.717) is 17.8 Å². The first-order chi connectivity index (χ1) is 10.1. The Morgan fingerprint density at radius 2 is 1.71 bits per heavy atom. The SMILES string of the molecule is CCN1CCN(CCNC(=O)c2cc(N)ccc2C)CC1.Cl.Cl.Cl. The Bertz CT molecular complexity index is 494. The summed E-state index contributed by atoms with van der Waals surface area (Å²) in [5.41, 5.74) is 8.00. The lowest BCUT2D eigenvalue weighted by molar-refractivity contribution is 0.0937. The van der Waals surface area contributed by atoms with Crippen molar-refractivity contribution < 1.29 is 4.79 Å². The number of nitrogens with one attached hydrogen (secondary N) is 1. The fourth-order valence-electron chi connectivity index (χ4n) is 2.64. The second kappa shape index (κ2) is 12.6. The average Bonchev–Trinajstić information content (AvgIpc) is 2.50. The van der Waals surface area contributed by atoms with Crippen molar-refractivity contribution in [2.24, 2.45) is 0 Å². The summed E-state index contributed by atoms with van der Waals surface area (Å²) in [7, 11) is 0. The van der Waals surface area contributed by atoms with Crippen molar-refractivity contribution >= 4 is 48.8 Å². The predicted molar refractivity (Wildman–Crippen MR) is 108 cm³/mol. The first-order valence-electron chi connectivity index (χ1n) is 7.69. The van der Waals surface area contributed by atoms with Gasteiger partial charge in [0.15, 0.2) is 0 Å². The minimum atomic E-state index is -0.0352. The van der Waals surface area contributed by atoms with Crippen LogP contribution >= 0.6 is 37.2 Å². The molecule has 0 aromatic heterocycles. The van der Waals surface area contributed by atoms with Crippen LogP contribution in [0.4, 0.5) is 5.69 Å². The Kier molecular flexibility index (Phi) is 13.4. The number of piperazine rings is 1. The number of nitrogens with two attached hydrogens (primary N) is 1. The highest BCUT2D eigenvalue weighted by molar-refractivity contribution is 5.96. The summed E-state index contributed by atoms with van der Waals surface area (Å²) in [6, 6.07) is 5.44. The average molecular weight is 400 g/mol. The topological polar surface area (TPSA) is 61.6 Å². The van der Waals surface area contributed by atoms with Gasteiger partial charge in [0.1, 0.15) is 0 Å². The zero-order chi connectivity index (χ0) is 15.2. The summed E-state index contributed by atoms with van der Waals surface area (Å²) in [4.78, 5) is 17.0. The molecule has 2 rings (SSSR count). The summed E-state index contributed by atoms with van der Waals surface area (Å²) in [6.45, 7) is 11.3. The molecule has 1 amide bonds. The van der Waals surface area contributed by atoms with Crippen molar-refractivity contribution in [2.45, 2.75) is 13.8 Å². The summed E-state index contributed by atoms with van der Waals surface area (Å²) >= 11 is 0. The fourth-order valence-corrected chi connectivity index (χ4v) is 2.64. The van der Waals surface area contributed by atoms with E-state index >= 15 is 0 Å². The number of nitrogen functional groups attached to an aromatic ring is 1. The van der Waals surface area contributed by atoms with Gasteiger partial charge in [-0.15, -0.1) is 37.2 Å². The van der Waals surface area contributed by atoms with Gasteiger partial charge in [0.25, 0.3) is 5.91 Å². The Labute approximate surface area is 163 Å². The molecule has 140 valence electrons. The van der Waals surface area contributed by atoms with Gasteiger partial charge in [0, 0.05) is 50.5 Å². The van der Waals surface area contributed by atoms with E-state index in [4.69, 9.17) is 5.73 Å². The quantitative estimate of drug-likeness (QED) is 0.745. The van der Waals surface area contributed by atoms with Gasteiger partial charge in [0.2, 0.25) is 0 Å². The van der Waals surface area contributed by atoms with Crippen LogP contribution in [-0.2, 0) is 0 Å². The van der Waals surface area contributed by atoms with Gasteiger partial charge >= 0.3 is 0 Å². The molecule has 1 aromatic rings. The molecule has 5 nitrogen and oxygen atoms in total. The van der Waals surface area contributed by atoms with E-state index in [1.54, 1.807) is 6.07 Å². The molecule has 0 radical (unpaired) electrons. The molecular weight excluding hydrogens is 371 g/mol. The zero-order valence-electron chi connectivity index (χ0n) is 14.3. The fraction of sp³-hybridized carbons (Fsp3) is 0.562. The van der Waals surface area contributed by atoms with Crippen molar-refractivity contribution in [1.29, 1.82) is 0 Å². The van der Waals surface area contributed by atoms with Gasteiger partial charge in [-0.1, -0.05) is 13.0 Å².